The average molecular weight is 522 g/mol. The number of aromatic nitrogens is 1. The van der Waals surface area contributed by atoms with Gasteiger partial charge in [-0.2, -0.15) is 4.39 Å². The summed E-state index contributed by atoms with van der Waals surface area (Å²) in [5, 5.41) is 2.53. The molecule has 11 heteroatoms. The molecule has 30 heavy (non-hydrogen) atoms. The number of hydrogen-bond donors (Lipinski definition) is 1. The Bertz CT molecular complexity index is 857. The van der Waals surface area contributed by atoms with Crippen LogP contribution < -0.4 is 5.32 Å². The van der Waals surface area contributed by atoms with Gasteiger partial charge in [0.1, 0.15) is 13.4 Å². The van der Waals surface area contributed by atoms with Gasteiger partial charge in [-0.1, -0.05) is 31.4 Å². The molecule has 0 unspecified atom stereocenters. The molecule has 1 amide bonds. The Morgan fingerprint density at radius 1 is 1.47 bits per heavy atom. The van der Waals surface area contributed by atoms with Crippen LogP contribution in [-0.4, -0.2) is 49.1 Å². The highest BCUT2D eigenvalue weighted by Gasteiger charge is 2.67. The fourth-order valence-electron chi connectivity index (χ4n) is 3.49. The molecular weight excluding hydrogens is 496 g/mol. The van der Waals surface area contributed by atoms with Crippen LogP contribution in [0.5, 0.6) is 0 Å². The molecule has 0 spiro atoms. The predicted octanol–water partition coefficient (Wildman–Crippen LogP) is 5.07. The number of hydrogen-bond acceptors (Lipinski definition) is 6. The minimum Gasteiger partial charge on any atom is -0.385 e. The molecule has 0 bridgehead atoms. The summed E-state index contributed by atoms with van der Waals surface area (Å²) in [5.74, 6) is -0.887. The summed E-state index contributed by atoms with van der Waals surface area (Å²) >= 11 is 4.39. The largest absolute Gasteiger partial charge is 0.416 e. The van der Waals surface area contributed by atoms with Gasteiger partial charge in [-0.25, -0.2) is 19.2 Å². The van der Waals surface area contributed by atoms with E-state index >= 15 is 0 Å². The molecular formula is C19H26BrF2N3O3SSi. The normalized spacial score (nSPS) is 27.8. The van der Waals surface area contributed by atoms with Gasteiger partial charge in [0.2, 0.25) is 5.95 Å². The van der Waals surface area contributed by atoms with Crippen molar-refractivity contribution in [3.63, 3.8) is 0 Å². The maximum atomic E-state index is 14.5. The molecule has 1 aliphatic heterocycles. The molecule has 3 atom stereocenters. The lowest BCUT2D eigenvalue weighted by molar-refractivity contribution is 0.120. The topological polar surface area (TPSA) is 72.8 Å². The molecule has 2 aliphatic rings. The molecule has 1 N–H and O–H groups in total. The number of ether oxygens (including phenoxy) is 2. The Labute approximate surface area is 188 Å². The summed E-state index contributed by atoms with van der Waals surface area (Å²) in [5.41, 5.74) is -0.838. The van der Waals surface area contributed by atoms with Crippen molar-refractivity contribution in [1.82, 2.24) is 10.3 Å². The number of nitrogens with one attached hydrogen (secondary N) is 1. The molecule has 1 saturated carbocycles. The molecule has 1 aromatic rings. The predicted molar refractivity (Wildman–Crippen MR) is 120 cm³/mol. The summed E-state index contributed by atoms with van der Waals surface area (Å²) in [7, 11) is -1.21. The van der Waals surface area contributed by atoms with Gasteiger partial charge in [-0.3, -0.25) is 5.32 Å². The Morgan fingerprint density at radius 2 is 2.20 bits per heavy atom. The number of aliphatic imine (C=N–C) groups is 1. The van der Waals surface area contributed by atoms with E-state index in [1.165, 1.54) is 6.20 Å². The quantitative estimate of drug-likeness (QED) is 0.234. The number of pyridine rings is 1. The van der Waals surface area contributed by atoms with E-state index in [2.05, 4.69) is 50.9 Å². The van der Waals surface area contributed by atoms with Gasteiger partial charge < -0.3 is 9.47 Å². The summed E-state index contributed by atoms with van der Waals surface area (Å²) in [6.07, 6.45) is 1.12. The summed E-state index contributed by atoms with van der Waals surface area (Å²) in [4.78, 5) is 20.4. The number of halogens is 3. The highest BCUT2D eigenvalue weighted by molar-refractivity contribution is 9.10. The Kier molecular flexibility index (Phi) is 6.95. The smallest absolute Gasteiger partial charge is 0.385 e. The molecule has 0 aromatic carbocycles. The lowest BCUT2D eigenvalue weighted by Gasteiger charge is -2.33. The summed E-state index contributed by atoms with van der Waals surface area (Å²) < 4.78 is 38.9. The lowest BCUT2D eigenvalue weighted by atomic mass is 9.87. The van der Waals surface area contributed by atoms with Crippen molar-refractivity contribution in [3.05, 3.63) is 28.2 Å². The monoisotopic (exact) mass is 521 g/mol. The number of carbonyl (C=O) groups is 1. The van der Waals surface area contributed by atoms with Crippen LogP contribution in [0.1, 0.15) is 18.9 Å². The third-order valence-electron chi connectivity index (χ3n) is 5.39. The minimum atomic E-state index is -1.21. The van der Waals surface area contributed by atoms with E-state index in [1.807, 2.05) is 0 Å². The Morgan fingerprint density at radius 3 is 2.87 bits per heavy atom. The maximum Gasteiger partial charge on any atom is 0.416 e. The number of rotatable bonds is 7. The first-order valence-electron chi connectivity index (χ1n) is 9.69. The van der Waals surface area contributed by atoms with E-state index in [4.69, 9.17) is 9.47 Å². The average Bonchev–Trinajstić information content (AvgIpc) is 3.38. The van der Waals surface area contributed by atoms with Crippen LogP contribution >= 0.6 is 27.7 Å². The van der Waals surface area contributed by atoms with Crippen LogP contribution in [0.15, 0.2) is 21.7 Å². The molecule has 6 nitrogen and oxygen atoms in total. The Hall–Kier alpha value is -1.04. The number of alkyl halides is 1. The summed E-state index contributed by atoms with van der Waals surface area (Å²) in [6.45, 7) is 8.40. The van der Waals surface area contributed by atoms with E-state index < -0.39 is 37.1 Å². The SMILES string of the molecule is C[C@]1(c2cc(Br)cnc2F)N=C(OC(=O)NCOCC[Si](C)(C)C)S[C@@]2(CF)C[C@H]21. The minimum absolute atomic E-state index is 0.0135. The number of nitrogens with zero attached hydrogens (tertiary/aromatic N) is 2. The summed E-state index contributed by atoms with van der Waals surface area (Å²) in [6, 6.07) is 2.57. The highest BCUT2D eigenvalue weighted by atomic mass is 79.9. The van der Waals surface area contributed by atoms with Gasteiger partial charge in [-0.15, -0.1) is 0 Å². The molecule has 1 aromatic heterocycles. The van der Waals surface area contributed by atoms with Gasteiger partial charge in [0.05, 0.1) is 10.3 Å². The fraction of sp³-hybridized carbons (Fsp3) is 0.632. The third kappa shape index (κ3) is 5.23. The Balaban J connectivity index is 1.69. The molecule has 1 fully saturated rings. The van der Waals surface area contributed by atoms with Crippen LogP contribution in [0.25, 0.3) is 0 Å². The van der Waals surface area contributed by atoms with Crippen molar-refractivity contribution in [2.75, 3.05) is 20.0 Å². The number of thioether (sulfide) groups is 1. The van der Waals surface area contributed by atoms with Crippen LogP contribution in [0.2, 0.25) is 25.7 Å². The van der Waals surface area contributed by atoms with Crippen molar-refractivity contribution in [1.29, 1.82) is 0 Å². The number of amides is 1. The zero-order chi connectivity index (χ0) is 22.2. The van der Waals surface area contributed by atoms with Crippen molar-refractivity contribution in [2.24, 2.45) is 10.9 Å². The van der Waals surface area contributed by atoms with Crippen molar-refractivity contribution in [3.8, 4) is 0 Å². The third-order valence-corrected chi connectivity index (χ3v) is 8.84. The second-order valence-corrected chi connectivity index (χ2v) is 16.9. The first kappa shape index (κ1) is 23.6. The van der Waals surface area contributed by atoms with E-state index in [1.54, 1.807) is 13.0 Å². The number of fused-ring (bicyclic) bond motifs is 1. The van der Waals surface area contributed by atoms with Gasteiger partial charge in [-0.05, 0) is 41.4 Å². The van der Waals surface area contributed by atoms with Crippen LogP contribution in [0.3, 0.4) is 0 Å². The van der Waals surface area contributed by atoms with Crippen LogP contribution in [-0.2, 0) is 15.0 Å². The molecule has 3 rings (SSSR count). The zero-order valence-electron chi connectivity index (χ0n) is 17.4. The molecule has 0 radical (unpaired) electrons. The van der Waals surface area contributed by atoms with Gasteiger partial charge in [0.25, 0.3) is 5.23 Å². The van der Waals surface area contributed by atoms with E-state index in [-0.39, 0.29) is 23.4 Å². The van der Waals surface area contributed by atoms with Crippen LogP contribution in [0, 0.1) is 11.9 Å². The van der Waals surface area contributed by atoms with E-state index in [0.717, 1.165) is 17.8 Å². The van der Waals surface area contributed by atoms with Crippen LogP contribution in [0.4, 0.5) is 13.6 Å². The van der Waals surface area contributed by atoms with E-state index in [9.17, 15) is 13.6 Å². The van der Waals surface area contributed by atoms with Crippen molar-refractivity contribution >= 4 is 47.1 Å². The lowest BCUT2D eigenvalue weighted by Crippen LogP contribution is -2.37. The van der Waals surface area contributed by atoms with Gasteiger partial charge in [0, 0.05) is 36.8 Å². The second-order valence-electron chi connectivity index (χ2n) is 9.00. The molecule has 0 saturated heterocycles. The fourth-order valence-corrected chi connectivity index (χ4v) is 5.96. The highest BCUT2D eigenvalue weighted by Crippen LogP contribution is 2.66. The van der Waals surface area contributed by atoms with Gasteiger partial charge >= 0.3 is 6.09 Å². The standard InChI is InChI=1S/C19H26BrF2N3O3SSi/c1-18(13-7-12(20)9-23-15(13)22)14-8-19(14,10-21)29-17(25-18)28-16(26)24-11-27-5-6-30(2,3)4/h7,9,14H,5-6,8,10-11H2,1-4H3,(H,24,26)/t14-,18+,19+/m0/s1. The first-order valence-corrected chi connectivity index (χ1v) is 15.0. The second kappa shape index (κ2) is 8.83. The first-order chi connectivity index (χ1) is 14.0. The molecule has 2 heterocycles. The zero-order valence-corrected chi connectivity index (χ0v) is 20.8. The van der Waals surface area contributed by atoms with Gasteiger partial charge in [0.15, 0.2) is 0 Å². The molecule has 166 valence electrons. The van der Waals surface area contributed by atoms with E-state index in [0.29, 0.717) is 17.5 Å². The maximum absolute atomic E-state index is 14.5. The number of alkyl carbamates (subject to hydrolysis) is 1. The van der Waals surface area contributed by atoms with Crippen molar-refractivity contribution < 1.29 is 23.0 Å². The molecule has 1 aliphatic carbocycles. The van der Waals surface area contributed by atoms with Crippen molar-refractivity contribution in [2.45, 2.75) is 49.3 Å². The number of carbonyl (C=O) groups excluding carboxylic acids is 1.